The van der Waals surface area contributed by atoms with Crippen molar-refractivity contribution in [1.29, 1.82) is 0 Å². The van der Waals surface area contributed by atoms with Gasteiger partial charge >= 0.3 is 0 Å². The molecule has 0 aliphatic carbocycles. The molecule has 2 aromatic heterocycles. The number of hydrazine groups is 1. The third-order valence-electron chi connectivity index (χ3n) is 5.55. The number of rotatable bonds is 5. The van der Waals surface area contributed by atoms with Crippen molar-refractivity contribution in [1.82, 2.24) is 55.6 Å². The molecule has 0 saturated carbocycles. The Labute approximate surface area is 163 Å². The van der Waals surface area contributed by atoms with E-state index in [1.807, 2.05) is 26.0 Å². The van der Waals surface area contributed by atoms with Crippen LogP contribution in [0.15, 0.2) is 6.33 Å². The number of hydrogen-bond donors (Lipinski definition) is 2. The first-order valence-electron chi connectivity index (χ1n) is 9.57. The molecule has 28 heavy (non-hydrogen) atoms. The highest BCUT2D eigenvalue weighted by Gasteiger charge is 2.39. The monoisotopic (exact) mass is 389 g/mol. The van der Waals surface area contributed by atoms with Crippen LogP contribution in [0.5, 0.6) is 0 Å². The number of likely N-dealkylation sites (tertiary alicyclic amines) is 1. The molecule has 0 bridgehead atoms. The highest BCUT2D eigenvalue weighted by molar-refractivity contribution is 5.80. The summed E-state index contributed by atoms with van der Waals surface area (Å²) in [5.41, 5.74) is 6.14. The van der Waals surface area contributed by atoms with Crippen molar-refractivity contribution in [2.24, 2.45) is 13.0 Å². The SMILES string of the molecule is CN(C)Cc1nnc(C2CCN(C(=O)C3CNNC3n3cnnn3)CC2)n1C. The average Bonchev–Trinajstić information content (AvgIpc) is 3.42. The van der Waals surface area contributed by atoms with Crippen LogP contribution in [0.4, 0.5) is 0 Å². The van der Waals surface area contributed by atoms with Crippen molar-refractivity contribution in [2.75, 3.05) is 33.7 Å². The zero-order valence-corrected chi connectivity index (χ0v) is 16.5. The van der Waals surface area contributed by atoms with Crippen LogP contribution in [0, 0.1) is 5.92 Å². The van der Waals surface area contributed by atoms with Crippen molar-refractivity contribution >= 4 is 5.91 Å². The lowest BCUT2D eigenvalue weighted by Gasteiger charge is -2.33. The van der Waals surface area contributed by atoms with E-state index in [0.717, 1.165) is 44.1 Å². The molecule has 2 saturated heterocycles. The first kappa shape index (κ1) is 18.9. The number of carbonyl (C=O) groups excluding carboxylic acids is 1. The van der Waals surface area contributed by atoms with Gasteiger partial charge in [-0.2, -0.15) is 0 Å². The standard InChI is InChI=1S/C16H27N11O/c1-24(2)9-13-19-21-14(25(13)3)11-4-6-26(7-5-11)16(28)12-8-17-20-15(12)27-10-18-22-23-27/h10-12,15,17,20H,4-9H2,1-3H3. The van der Waals surface area contributed by atoms with E-state index < -0.39 is 0 Å². The Morgan fingerprint density at radius 2 is 2.07 bits per heavy atom. The predicted molar refractivity (Wildman–Crippen MR) is 98.4 cm³/mol. The quantitative estimate of drug-likeness (QED) is 0.628. The fraction of sp³-hybridized carbons (Fsp3) is 0.750. The average molecular weight is 389 g/mol. The minimum atomic E-state index is -0.271. The van der Waals surface area contributed by atoms with Gasteiger partial charge in [0.05, 0.1) is 12.5 Å². The van der Waals surface area contributed by atoms with Gasteiger partial charge in [0.25, 0.3) is 0 Å². The lowest BCUT2D eigenvalue weighted by atomic mass is 9.94. The van der Waals surface area contributed by atoms with E-state index in [1.165, 1.54) is 6.33 Å². The van der Waals surface area contributed by atoms with Crippen LogP contribution >= 0.6 is 0 Å². The Morgan fingerprint density at radius 1 is 1.29 bits per heavy atom. The molecule has 2 atom stereocenters. The normalized spacial score (nSPS) is 23.6. The van der Waals surface area contributed by atoms with E-state index in [9.17, 15) is 4.79 Å². The second kappa shape index (κ2) is 7.89. The summed E-state index contributed by atoms with van der Waals surface area (Å²) in [5, 5.41) is 20.0. The molecule has 1 amide bonds. The van der Waals surface area contributed by atoms with Gasteiger partial charge in [0, 0.05) is 32.6 Å². The number of tetrazole rings is 1. The zero-order valence-electron chi connectivity index (χ0n) is 16.5. The Bertz CT molecular complexity index is 794. The molecule has 2 N–H and O–H groups in total. The lowest BCUT2D eigenvalue weighted by Crippen LogP contribution is -2.44. The van der Waals surface area contributed by atoms with Crippen LogP contribution in [-0.2, 0) is 18.4 Å². The predicted octanol–water partition coefficient (Wildman–Crippen LogP) is -1.51. The largest absolute Gasteiger partial charge is 0.342 e. The van der Waals surface area contributed by atoms with Gasteiger partial charge in [-0.3, -0.25) is 10.2 Å². The molecule has 0 spiro atoms. The third-order valence-corrected chi connectivity index (χ3v) is 5.55. The van der Waals surface area contributed by atoms with Gasteiger partial charge in [-0.05, 0) is 37.4 Å². The lowest BCUT2D eigenvalue weighted by molar-refractivity contribution is -0.137. The van der Waals surface area contributed by atoms with Crippen LogP contribution in [0.1, 0.15) is 36.6 Å². The summed E-state index contributed by atoms with van der Waals surface area (Å²) in [7, 11) is 6.07. The summed E-state index contributed by atoms with van der Waals surface area (Å²) >= 11 is 0. The maximum absolute atomic E-state index is 13.1. The van der Waals surface area contributed by atoms with E-state index in [2.05, 4.69) is 46.0 Å². The minimum Gasteiger partial charge on any atom is -0.342 e. The Morgan fingerprint density at radius 3 is 2.75 bits per heavy atom. The number of aromatic nitrogens is 7. The van der Waals surface area contributed by atoms with Crippen molar-refractivity contribution < 1.29 is 4.79 Å². The van der Waals surface area contributed by atoms with Gasteiger partial charge in [0.2, 0.25) is 5.91 Å². The molecule has 0 radical (unpaired) electrons. The summed E-state index contributed by atoms with van der Waals surface area (Å²) in [4.78, 5) is 17.1. The summed E-state index contributed by atoms with van der Waals surface area (Å²) in [6.45, 7) is 2.76. The highest BCUT2D eigenvalue weighted by Crippen LogP contribution is 2.29. The van der Waals surface area contributed by atoms with Crippen LogP contribution in [-0.4, -0.2) is 84.4 Å². The number of amides is 1. The number of hydrogen-bond acceptors (Lipinski definition) is 9. The second-order valence-corrected chi connectivity index (χ2v) is 7.74. The summed E-state index contributed by atoms with van der Waals surface area (Å²) in [6.07, 6.45) is 3.04. The van der Waals surface area contributed by atoms with Gasteiger partial charge in [-0.15, -0.1) is 15.3 Å². The number of nitrogens with one attached hydrogen (secondary N) is 2. The maximum atomic E-state index is 13.1. The fourth-order valence-corrected chi connectivity index (χ4v) is 4.00. The molecule has 2 fully saturated rings. The first-order valence-corrected chi connectivity index (χ1v) is 9.57. The third kappa shape index (κ3) is 3.62. The molecule has 0 aromatic carbocycles. The van der Waals surface area contributed by atoms with E-state index in [4.69, 9.17) is 0 Å². The molecule has 2 aromatic rings. The zero-order chi connectivity index (χ0) is 19.7. The number of carbonyl (C=O) groups is 1. The van der Waals surface area contributed by atoms with Crippen LogP contribution in [0.2, 0.25) is 0 Å². The smallest absolute Gasteiger partial charge is 0.230 e. The van der Waals surface area contributed by atoms with Crippen LogP contribution < -0.4 is 10.9 Å². The summed E-state index contributed by atoms with van der Waals surface area (Å²) < 4.78 is 3.68. The van der Waals surface area contributed by atoms with Gasteiger partial charge in [-0.25, -0.2) is 10.1 Å². The van der Waals surface area contributed by atoms with Crippen LogP contribution in [0.3, 0.4) is 0 Å². The van der Waals surface area contributed by atoms with Crippen LogP contribution in [0.25, 0.3) is 0 Å². The van der Waals surface area contributed by atoms with Crippen molar-refractivity contribution in [3.63, 3.8) is 0 Å². The topological polar surface area (TPSA) is 122 Å². The maximum Gasteiger partial charge on any atom is 0.230 e. The van der Waals surface area contributed by atoms with Gasteiger partial charge in [0.15, 0.2) is 0 Å². The Kier molecular flexibility index (Phi) is 5.33. The highest BCUT2D eigenvalue weighted by atomic mass is 16.2. The fourth-order valence-electron chi connectivity index (χ4n) is 4.00. The summed E-state index contributed by atoms with van der Waals surface area (Å²) in [5.74, 6) is 2.20. The van der Waals surface area contributed by atoms with E-state index in [1.54, 1.807) is 4.68 Å². The molecule has 12 nitrogen and oxygen atoms in total. The van der Waals surface area contributed by atoms with Gasteiger partial charge < -0.3 is 14.4 Å². The van der Waals surface area contributed by atoms with Gasteiger partial charge in [0.1, 0.15) is 24.1 Å². The second-order valence-electron chi connectivity index (χ2n) is 7.74. The molecule has 4 heterocycles. The number of nitrogens with zero attached hydrogens (tertiary/aromatic N) is 9. The molecule has 152 valence electrons. The molecule has 2 aliphatic rings. The van der Waals surface area contributed by atoms with Gasteiger partial charge in [-0.1, -0.05) is 0 Å². The Hall–Kier alpha value is -2.44. The minimum absolute atomic E-state index is 0.128. The molecule has 2 aliphatic heterocycles. The van der Waals surface area contributed by atoms with E-state index in [-0.39, 0.29) is 18.0 Å². The molecular weight excluding hydrogens is 362 g/mol. The van der Waals surface area contributed by atoms with E-state index in [0.29, 0.717) is 12.5 Å². The number of piperidine rings is 1. The van der Waals surface area contributed by atoms with Crippen molar-refractivity contribution in [3.8, 4) is 0 Å². The van der Waals surface area contributed by atoms with Crippen molar-refractivity contribution in [3.05, 3.63) is 18.0 Å². The Balaban J connectivity index is 1.38. The molecule has 4 rings (SSSR count). The van der Waals surface area contributed by atoms with E-state index >= 15 is 0 Å². The molecule has 12 heteroatoms. The summed E-state index contributed by atoms with van der Waals surface area (Å²) in [6, 6.07) is 0. The molecule has 2 unspecified atom stereocenters. The first-order chi connectivity index (χ1) is 13.5. The molecular formula is C16H27N11O. The van der Waals surface area contributed by atoms with Crippen molar-refractivity contribution in [2.45, 2.75) is 31.5 Å².